The lowest BCUT2D eigenvalue weighted by Gasteiger charge is -2.10. The average Bonchev–Trinajstić information content (AvgIpc) is 2.63. The fourth-order valence-electron chi connectivity index (χ4n) is 2.05. The lowest BCUT2D eigenvalue weighted by molar-refractivity contribution is 0.167. The molecule has 0 saturated carbocycles. The van der Waals surface area contributed by atoms with E-state index in [-0.39, 0.29) is 6.54 Å². The van der Waals surface area contributed by atoms with Crippen molar-refractivity contribution in [1.29, 1.82) is 0 Å². The molecular formula is C15H16N2O2S. The zero-order valence-corrected chi connectivity index (χ0v) is 11.7. The van der Waals surface area contributed by atoms with Gasteiger partial charge < -0.3 is 15.3 Å². The third-order valence-electron chi connectivity index (χ3n) is 3.06. The molecule has 2 aromatic carbocycles. The van der Waals surface area contributed by atoms with Crippen LogP contribution in [0, 0.1) is 0 Å². The molecule has 1 atom stereocenters. The van der Waals surface area contributed by atoms with E-state index in [0.29, 0.717) is 6.54 Å². The molecular weight excluding hydrogens is 272 g/mol. The van der Waals surface area contributed by atoms with Gasteiger partial charge in [0.25, 0.3) is 0 Å². The summed E-state index contributed by atoms with van der Waals surface area (Å²) in [7, 11) is 0. The summed E-state index contributed by atoms with van der Waals surface area (Å²) in [5.41, 5.74) is 8.09. The molecule has 0 bridgehead atoms. The third-order valence-corrected chi connectivity index (χ3v) is 4.16. The van der Waals surface area contributed by atoms with E-state index in [0.717, 1.165) is 21.4 Å². The first-order valence-electron chi connectivity index (χ1n) is 6.47. The number of aromatic nitrogens is 1. The van der Waals surface area contributed by atoms with Gasteiger partial charge in [0, 0.05) is 6.54 Å². The Labute approximate surface area is 120 Å². The van der Waals surface area contributed by atoms with Crippen molar-refractivity contribution in [3.05, 3.63) is 48.5 Å². The van der Waals surface area contributed by atoms with Crippen molar-refractivity contribution < 1.29 is 9.52 Å². The van der Waals surface area contributed by atoms with Crippen molar-refractivity contribution in [3.63, 3.8) is 0 Å². The van der Waals surface area contributed by atoms with Gasteiger partial charge in [-0.05, 0) is 24.3 Å². The SMILES string of the molecule is NCC(O)Cn1sc2ccccc2oc2ccccc21. The van der Waals surface area contributed by atoms with Crippen molar-refractivity contribution in [2.75, 3.05) is 6.54 Å². The summed E-state index contributed by atoms with van der Waals surface area (Å²) in [4.78, 5) is 0. The maximum atomic E-state index is 9.85. The number of hydrogen-bond acceptors (Lipinski definition) is 4. The second kappa shape index (κ2) is 5.66. The summed E-state index contributed by atoms with van der Waals surface area (Å²) in [6.45, 7) is 0.692. The summed E-state index contributed by atoms with van der Waals surface area (Å²) >= 11 is 1.56. The van der Waals surface area contributed by atoms with E-state index in [1.54, 1.807) is 11.5 Å². The van der Waals surface area contributed by atoms with Gasteiger partial charge >= 0.3 is 0 Å². The van der Waals surface area contributed by atoms with Gasteiger partial charge in [0.1, 0.15) is 5.58 Å². The first-order chi connectivity index (χ1) is 9.78. The van der Waals surface area contributed by atoms with E-state index in [1.807, 2.05) is 52.5 Å². The molecule has 1 heterocycles. The molecule has 5 heteroatoms. The van der Waals surface area contributed by atoms with Gasteiger partial charge in [0.2, 0.25) is 0 Å². The quantitative estimate of drug-likeness (QED) is 0.779. The van der Waals surface area contributed by atoms with Crippen LogP contribution in [-0.4, -0.2) is 21.7 Å². The molecule has 20 heavy (non-hydrogen) atoms. The van der Waals surface area contributed by atoms with Gasteiger partial charge in [-0.3, -0.25) is 3.96 Å². The lowest BCUT2D eigenvalue weighted by Crippen LogP contribution is -2.24. The number of rotatable bonds is 3. The summed E-state index contributed by atoms with van der Waals surface area (Å²) in [5.74, 6) is 0. The van der Waals surface area contributed by atoms with Crippen LogP contribution >= 0.6 is 11.5 Å². The highest BCUT2D eigenvalue weighted by atomic mass is 32.1. The molecule has 3 aromatic rings. The Morgan fingerprint density at radius 3 is 2.60 bits per heavy atom. The number of hydrogen-bond donors (Lipinski definition) is 2. The summed E-state index contributed by atoms with van der Waals surface area (Å²) in [6, 6.07) is 15.7. The van der Waals surface area contributed by atoms with Gasteiger partial charge in [0.05, 0.1) is 22.9 Å². The van der Waals surface area contributed by atoms with Crippen molar-refractivity contribution >= 4 is 32.9 Å². The standard InChI is InChI=1S/C15H16N2O2S/c16-9-11(18)10-17-12-5-1-2-6-13(12)19-14-7-3-4-8-15(14)20-17/h1-8,11,18H,9-10,16H2. The van der Waals surface area contributed by atoms with Crippen LogP contribution in [0.2, 0.25) is 0 Å². The van der Waals surface area contributed by atoms with Crippen LogP contribution in [0.3, 0.4) is 0 Å². The second-order valence-electron chi connectivity index (χ2n) is 4.56. The predicted octanol–water partition coefficient (Wildman–Crippen LogP) is 2.89. The minimum absolute atomic E-state index is 0.238. The van der Waals surface area contributed by atoms with E-state index in [1.165, 1.54) is 0 Å². The molecule has 0 fully saturated rings. The summed E-state index contributed by atoms with van der Waals surface area (Å²) in [6.07, 6.45) is -0.569. The van der Waals surface area contributed by atoms with E-state index in [4.69, 9.17) is 10.2 Å². The zero-order valence-electron chi connectivity index (χ0n) is 10.9. The molecule has 0 aliphatic carbocycles. The number of para-hydroxylation sites is 3. The van der Waals surface area contributed by atoms with E-state index in [9.17, 15) is 5.11 Å². The number of nitrogens with zero attached hydrogens (tertiary/aromatic N) is 1. The molecule has 0 saturated heterocycles. The van der Waals surface area contributed by atoms with Gasteiger partial charge in [-0.2, -0.15) is 0 Å². The Kier molecular flexibility index (Phi) is 3.73. The third kappa shape index (κ3) is 2.56. The van der Waals surface area contributed by atoms with Gasteiger partial charge in [-0.15, -0.1) is 0 Å². The van der Waals surface area contributed by atoms with Crippen LogP contribution in [-0.2, 0) is 6.54 Å². The summed E-state index contributed by atoms with van der Waals surface area (Å²) in [5, 5.41) is 9.85. The Balaban J connectivity index is 2.33. The zero-order chi connectivity index (χ0) is 13.9. The minimum atomic E-state index is -0.569. The minimum Gasteiger partial charge on any atom is -0.454 e. The first-order valence-corrected chi connectivity index (χ1v) is 7.25. The van der Waals surface area contributed by atoms with Crippen molar-refractivity contribution in [2.45, 2.75) is 12.6 Å². The van der Waals surface area contributed by atoms with E-state index < -0.39 is 6.10 Å². The Bertz CT molecular complexity index is 770. The monoisotopic (exact) mass is 288 g/mol. The molecule has 0 radical (unpaired) electrons. The number of benzene rings is 2. The number of fused-ring (bicyclic) bond motifs is 2. The van der Waals surface area contributed by atoms with Gasteiger partial charge in [0.15, 0.2) is 5.58 Å². The molecule has 0 aliphatic rings. The predicted molar refractivity (Wildman–Crippen MR) is 82.3 cm³/mol. The number of aliphatic hydroxyl groups excluding tert-OH is 1. The first kappa shape index (κ1) is 13.2. The molecule has 0 amide bonds. The topological polar surface area (TPSA) is 64.3 Å². The second-order valence-corrected chi connectivity index (χ2v) is 5.62. The maximum Gasteiger partial charge on any atom is 0.151 e. The summed E-state index contributed by atoms with van der Waals surface area (Å²) < 4.78 is 9.02. The highest BCUT2D eigenvalue weighted by molar-refractivity contribution is 7.13. The molecule has 104 valence electrons. The molecule has 1 aromatic heterocycles. The van der Waals surface area contributed by atoms with Crippen LogP contribution in [0.4, 0.5) is 0 Å². The Morgan fingerprint density at radius 2 is 1.80 bits per heavy atom. The molecule has 3 rings (SSSR count). The highest BCUT2D eigenvalue weighted by Gasteiger charge is 2.07. The largest absolute Gasteiger partial charge is 0.454 e. The molecule has 4 nitrogen and oxygen atoms in total. The van der Waals surface area contributed by atoms with Gasteiger partial charge in [-0.1, -0.05) is 35.8 Å². The normalized spacial score (nSPS) is 12.7. The van der Waals surface area contributed by atoms with Gasteiger partial charge in [-0.25, -0.2) is 0 Å². The van der Waals surface area contributed by atoms with Crippen molar-refractivity contribution in [3.8, 4) is 0 Å². The van der Waals surface area contributed by atoms with Crippen LogP contribution in [0.15, 0.2) is 52.9 Å². The number of aliphatic hydroxyl groups is 1. The molecule has 0 spiro atoms. The molecule has 3 N–H and O–H groups in total. The van der Waals surface area contributed by atoms with Crippen molar-refractivity contribution in [2.24, 2.45) is 5.73 Å². The van der Waals surface area contributed by atoms with Crippen molar-refractivity contribution in [1.82, 2.24) is 3.96 Å². The van der Waals surface area contributed by atoms with Crippen LogP contribution in [0.5, 0.6) is 0 Å². The molecule has 0 aliphatic heterocycles. The van der Waals surface area contributed by atoms with Crippen LogP contribution < -0.4 is 5.73 Å². The average molecular weight is 288 g/mol. The Hall–Kier alpha value is -1.82. The Morgan fingerprint density at radius 1 is 1.10 bits per heavy atom. The highest BCUT2D eigenvalue weighted by Crippen LogP contribution is 2.24. The molecule has 1 unspecified atom stereocenters. The van der Waals surface area contributed by atoms with Crippen LogP contribution in [0.1, 0.15) is 0 Å². The van der Waals surface area contributed by atoms with Crippen LogP contribution in [0.25, 0.3) is 21.4 Å². The van der Waals surface area contributed by atoms with E-state index in [2.05, 4.69) is 0 Å². The lowest BCUT2D eigenvalue weighted by atomic mass is 10.3. The fourth-order valence-corrected chi connectivity index (χ4v) is 3.12. The number of nitrogens with two attached hydrogens (primary N) is 1. The smallest absolute Gasteiger partial charge is 0.151 e. The fraction of sp³-hybridized carbons (Fsp3) is 0.200. The van der Waals surface area contributed by atoms with E-state index >= 15 is 0 Å². The maximum absolute atomic E-state index is 9.85.